The van der Waals surface area contributed by atoms with E-state index < -0.39 is 6.03 Å². The number of carbonyl (C=O) groups excluding carboxylic acids is 2. The standard InChI is InChI=1S/C20H21N5O3/c1-20(2,3)16-12-17(25-28-16)24-19(27)23-14-6-4-13(5-7-14)18(26)22-15-8-10-21-11-9-15/h4-12H,1-3H3,(H,21,22,26)(H2,23,24,25,27). The molecular formula is C20H21N5O3. The van der Waals surface area contributed by atoms with Crippen LogP contribution in [0.5, 0.6) is 0 Å². The van der Waals surface area contributed by atoms with Crippen LogP contribution in [0.15, 0.2) is 59.4 Å². The van der Waals surface area contributed by atoms with E-state index in [2.05, 4.69) is 26.1 Å². The molecule has 3 N–H and O–H groups in total. The second-order valence-corrected chi connectivity index (χ2v) is 7.17. The molecule has 1 aromatic carbocycles. The van der Waals surface area contributed by atoms with Crippen molar-refractivity contribution < 1.29 is 14.1 Å². The molecule has 3 rings (SSSR count). The molecule has 0 aliphatic rings. The molecule has 2 heterocycles. The third-order valence-corrected chi connectivity index (χ3v) is 3.83. The second kappa shape index (κ2) is 7.91. The van der Waals surface area contributed by atoms with Gasteiger partial charge in [0.1, 0.15) is 5.76 Å². The minimum Gasteiger partial charge on any atom is -0.359 e. The molecule has 8 nitrogen and oxygen atoms in total. The molecule has 0 spiro atoms. The highest BCUT2D eigenvalue weighted by Gasteiger charge is 2.20. The van der Waals surface area contributed by atoms with Crippen LogP contribution in [0.25, 0.3) is 0 Å². The molecule has 144 valence electrons. The zero-order chi connectivity index (χ0) is 20.1. The van der Waals surface area contributed by atoms with E-state index in [1.165, 1.54) is 0 Å². The van der Waals surface area contributed by atoms with E-state index >= 15 is 0 Å². The van der Waals surface area contributed by atoms with Gasteiger partial charge in [0, 0.05) is 40.8 Å². The highest BCUT2D eigenvalue weighted by molar-refractivity contribution is 6.05. The summed E-state index contributed by atoms with van der Waals surface area (Å²) in [5.41, 5.74) is 1.46. The zero-order valence-corrected chi connectivity index (χ0v) is 15.8. The van der Waals surface area contributed by atoms with Crippen LogP contribution in [0, 0.1) is 0 Å². The molecule has 3 amide bonds. The van der Waals surface area contributed by atoms with Gasteiger partial charge in [0.25, 0.3) is 5.91 Å². The Bertz CT molecular complexity index is 960. The summed E-state index contributed by atoms with van der Waals surface area (Å²) >= 11 is 0. The topological polar surface area (TPSA) is 109 Å². The highest BCUT2D eigenvalue weighted by Crippen LogP contribution is 2.24. The summed E-state index contributed by atoms with van der Waals surface area (Å²) in [6, 6.07) is 11.2. The third kappa shape index (κ3) is 4.94. The van der Waals surface area contributed by atoms with Crippen molar-refractivity contribution in [3.63, 3.8) is 0 Å². The SMILES string of the molecule is CC(C)(C)c1cc(NC(=O)Nc2ccc(C(=O)Nc3ccncc3)cc2)no1. The number of nitrogens with one attached hydrogen (secondary N) is 3. The van der Waals surface area contributed by atoms with Crippen molar-refractivity contribution in [1.29, 1.82) is 0 Å². The maximum atomic E-state index is 12.2. The average Bonchev–Trinajstić information content (AvgIpc) is 3.12. The summed E-state index contributed by atoms with van der Waals surface area (Å²) in [4.78, 5) is 28.2. The molecule has 0 radical (unpaired) electrons. The summed E-state index contributed by atoms with van der Waals surface area (Å²) in [5, 5.41) is 11.9. The van der Waals surface area contributed by atoms with Gasteiger partial charge >= 0.3 is 6.03 Å². The average molecular weight is 379 g/mol. The van der Waals surface area contributed by atoms with Crippen LogP contribution in [0.4, 0.5) is 22.0 Å². The molecule has 0 saturated heterocycles. The van der Waals surface area contributed by atoms with Crippen molar-refractivity contribution in [2.75, 3.05) is 16.0 Å². The molecule has 8 heteroatoms. The number of hydrogen-bond donors (Lipinski definition) is 3. The summed E-state index contributed by atoms with van der Waals surface area (Å²) in [7, 11) is 0. The number of anilines is 3. The smallest absolute Gasteiger partial charge is 0.324 e. The quantitative estimate of drug-likeness (QED) is 0.627. The molecule has 0 aliphatic carbocycles. The molecule has 0 aliphatic heterocycles. The van der Waals surface area contributed by atoms with Gasteiger partial charge in [0.2, 0.25) is 0 Å². The van der Waals surface area contributed by atoms with Crippen LogP contribution < -0.4 is 16.0 Å². The Labute approximate surface area is 162 Å². The van der Waals surface area contributed by atoms with Crippen LogP contribution in [0.2, 0.25) is 0 Å². The maximum Gasteiger partial charge on any atom is 0.324 e. The van der Waals surface area contributed by atoms with Gasteiger partial charge in [-0.1, -0.05) is 25.9 Å². The van der Waals surface area contributed by atoms with Gasteiger partial charge in [-0.05, 0) is 36.4 Å². The van der Waals surface area contributed by atoms with Gasteiger partial charge in [-0.2, -0.15) is 0 Å². The molecule has 0 fully saturated rings. The highest BCUT2D eigenvalue weighted by atomic mass is 16.5. The fourth-order valence-corrected chi connectivity index (χ4v) is 2.31. The number of pyridine rings is 1. The first-order chi connectivity index (χ1) is 13.3. The molecule has 0 bridgehead atoms. The van der Waals surface area contributed by atoms with Crippen molar-refractivity contribution in [3.05, 3.63) is 66.2 Å². The Morgan fingerprint density at radius 3 is 2.14 bits per heavy atom. The summed E-state index contributed by atoms with van der Waals surface area (Å²) in [6.07, 6.45) is 3.20. The predicted molar refractivity (Wildman–Crippen MR) is 106 cm³/mol. The predicted octanol–water partition coefficient (Wildman–Crippen LogP) is 4.26. The third-order valence-electron chi connectivity index (χ3n) is 3.83. The Kier molecular flexibility index (Phi) is 5.39. The van der Waals surface area contributed by atoms with Gasteiger partial charge < -0.3 is 15.2 Å². The molecule has 0 atom stereocenters. The number of rotatable bonds is 4. The first-order valence-electron chi connectivity index (χ1n) is 8.68. The number of urea groups is 1. The lowest BCUT2D eigenvalue weighted by molar-refractivity contribution is 0.102. The lowest BCUT2D eigenvalue weighted by Gasteiger charge is -2.12. The van der Waals surface area contributed by atoms with Crippen LogP contribution in [0.1, 0.15) is 36.9 Å². The Morgan fingerprint density at radius 2 is 1.54 bits per heavy atom. The number of amides is 3. The largest absolute Gasteiger partial charge is 0.359 e. The van der Waals surface area contributed by atoms with E-state index in [0.717, 1.165) is 0 Å². The van der Waals surface area contributed by atoms with E-state index in [1.807, 2.05) is 20.8 Å². The van der Waals surface area contributed by atoms with Crippen molar-refractivity contribution >= 4 is 29.1 Å². The molecule has 0 saturated carbocycles. The van der Waals surface area contributed by atoms with Crippen LogP contribution in [-0.4, -0.2) is 22.1 Å². The number of carbonyl (C=O) groups is 2. The van der Waals surface area contributed by atoms with E-state index in [1.54, 1.807) is 54.9 Å². The maximum absolute atomic E-state index is 12.2. The fraction of sp³-hybridized carbons (Fsp3) is 0.200. The molecule has 3 aromatic rings. The Hall–Kier alpha value is -3.68. The van der Waals surface area contributed by atoms with E-state index in [4.69, 9.17) is 4.52 Å². The van der Waals surface area contributed by atoms with Crippen LogP contribution >= 0.6 is 0 Å². The van der Waals surface area contributed by atoms with Crippen molar-refractivity contribution in [2.45, 2.75) is 26.2 Å². The zero-order valence-electron chi connectivity index (χ0n) is 15.8. The van der Waals surface area contributed by atoms with E-state index in [9.17, 15) is 9.59 Å². The second-order valence-electron chi connectivity index (χ2n) is 7.17. The molecule has 28 heavy (non-hydrogen) atoms. The summed E-state index contributed by atoms with van der Waals surface area (Å²) in [6.45, 7) is 5.97. The number of nitrogens with zero attached hydrogens (tertiary/aromatic N) is 2. The normalized spacial score (nSPS) is 11.0. The molecule has 0 unspecified atom stereocenters. The number of benzene rings is 1. The lowest BCUT2D eigenvalue weighted by atomic mass is 9.93. The minimum atomic E-state index is -0.456. The van der Waals surface area contributed by atoms with Gasteiger partial charge in [-0.25, -0.2) is 4.79 Å². The minimum absolute atomic E-state index is 0.198. The van der Waals surface area contributed by atoms with Gasteiger partial charge in [-0.3, -0.25) is 15.1 Å². The van der Waals surface area contributed by atoms with Gasteiger partial charge in [0.05, 0.1) is 0 Å². The fourth-order valence-electron chi connectivity index (χ4n) is 2.31. The van der Waals surface area contributed by atoms with Crippen molar-refractivity contribution in [2.24, 2.45) is 0 Å². The van der Waals surface area contributed by atoms with Crippen LogP contribution in [-0.2, 0) is 5.41 Å². The lowest BCUT2D eigenvalue weighted by Crippen LogP contribution is -2.19. The first-order valence-corrected chi connectivity index (χ1v) is 8.68. The number of hydrogen-bond acceptors (Lipinski definition) is 5. The molecule has 2 aromatic heterocycles. The van der Waals surface area contributed by atoms with Crippen molar-refractivity contribution in [3.8, 4) is 0 Å². The Morgan fingerprint density at radius 1 is 0.893 bits per heavy atom. The Balaban J connectivity index is 1.57. The monoisotopic (exact) mass is 379 g/mol. The summed E-state index contributed by atoms with van der Waals surface area (Å²) in [5.74, 6) is 0.752. The van der Waals surface area contributed by atoms with Gasteiger partial charge in [0.15, 0.2) is 5.82 Å². The van der Waals surface area contributed by atoms with Crippen molar-refractivity contribution in [1.82, 2.24) is 10.1 Å². The van der Waals surface area contributed by atoms with Gasteiger partial charge in [-0.15, -0.1) is 0 Å². The number of aromatic nitrogens is 2. The van der Waals surface area contributed by atoms with Crippen LogP contribution in [0.3, 0.4) is 0 Å². The van der Waals surface area contributed by atoms with E-state index in [0.29, 0.717) is 28.5 Å². The summed E-state index contributed by atoms with van der Waals surface area (Å²) < 4.78 is 5.23. The molecular weight excluding hydrogens is 358 g/mol. The van der Waals surface area contributed by atoms with E-state index in [-0.39, 0.29) is 11.3 Å². The first kappa shape index (κ1) is 19.1.